The summed E-state index contributed by atoms with van der Waals surface area (Å²) < 4.78 is 29.4. The molecule has 0 atom stereocenters. The molecule has 2 fully saturated rings. The van der Waals surface area contributed by atoms with E-state index in [1.807, 2.05) is 35.0 Å². The van der Waals surface area contributed by atoms with Crippen LogP contribution in [-0.2, 0) is 10.0 Å². The van der Waals surface area contributed by atoms with E-state index in [4.69, 9.17) is 4.98 Å². The SMILES string of the molecule is O=S(=O)(Nc1cccc(-n2ccc3cnc(Nc4ccc(C5CCNCC5)cc4)nc32)c1)C1CC1. The smallest absolute Gasteiger partial charge is 0.235 e. The van der Waals surface area contributed by atoms with Gasteiger partial charge in [0, 0.05) is 29.2 Å². The number of rotatable bonds is 7. The monoisotopic (exact) mass is 488 g/mol. The maximum Gasteiger partial charge on any atom is 0.235 e. The van der Waals surface area contributed by atoms with Gasteiger partial charge in [-0.15, -0.1) is 0 Å². The molecule has 6 rings (SSSR count). The molecule has 1 saturated carbocycles. The van der Waals surface area contributed by atoms with E-state index in [0.717, 1.165) is 48.3 Å². The van der Waals surface area contributed by atoms with Crippen LogP contribution in [0.25, 0.3) is 16.7 Å². The summed E-state index contributed by atoms with van der Waals surface area (Å²) in [6.45, 7) is 2.15. The number of nitrogens with one attached hydrogen (secondary N) is 3. The third-order valence-corrected chi connectivity index (χ3v) is 8.62. The largest absolute Gasteiger partial charge is 0.324 e. The van der Waals surface area contributed by atoms with Crippen molar-refractivity contribution >= 4 is 38.4 Å². The number of piperidine rings is 1. The van der Waals surface area contributed by atoms with Gasteiger partial charge in [-0.3, -0.25) is 4.72 Å². The first-order valence-corrected chi connectivity index (χ1v) is 13.6. The van der Waals surface area contributed by atoms with Crippen LogP contribution in [-0.4, -0.2) is 41.3 Å². The molecule has 1 aliphatic carbocycles. The number of fused-ring (bicyclic) bond motifs is 1. The van der Waals surface area contributed by atoms with Gasteiger partial charge in [0.05, 0.1) is 10.9 Å². The maximum absolute atomic E-state index is 12.4. The van der Waals surface area contributed by atoms with Crippen LogP contribution < -0.4 is 15.4 Å². The third kappa shape index (κ3) is 4.74. The van der Waals surface area contributed by atoms with Crippen LogP contribution in [0.3, 0.4) is 0 Å². The highest BCUT2D eigenvalue weighted by atomic mass is 32.2. The van der Waals surface area contributed by atoms with Crippen molar-refractivity contribution in [3.05, 3.63) is 72.6 Å². The normalized spacial score (nSPS) is 16.9. The van der Waals surface area contributed by atoms with E-state index in [0.29, 0.717) is 17.6 Å². The van der Waals surface area contributed by atoms with Gasteiger partial charge in [0.2, 0.25) is 16.0 Å². The van der Waals surface area contributed by atoms with Crippen LogP contribution >= 0.6 is 0 Å². The van der Waals surface area contributed by atoms with Crippen LogP contribution in [0.15, 0.2) is 67.0 Å². The fourth-order valence-corrected chi connectivity index (χ4v) is 6.03. The highest BCUT2D eigenvalue weighted by molar-refractivity contribution is 7.93. The van der Waals surface area contributed by atoms with Crippen molar-refractivity contribution in [2.45, 2.75) is 36.9 Å². The van der Waals surface area contributed by atoms with E-state index in [2.05, 4.69) is 44.6 Å². The first kappa shape index (κ1) is 22.1. The van der Waals surface area contributed by atoms with Crippen molar-refractivity contribution in [2.75, 3.05) is 23.1 Å². The fraction of sp³-hybridized carbons (Fsp3) is 0.308. The number of benzene rings is 2. The number of aromatic nitrogens is 3. The summed E-state index contributed by atoms with van der Waals surface area (Å²) in [7, 11) is -3.32. The second-order valence-corrected chi connectivity index (χ2v) is 11.3. The van der Waals surface area contributed by atoms with Gasteiger partial charge in [0.1, 0.15) is 5.65 Å². The quantitative estimate of drug-likeness (QED) is 0.353. The second-order valence-electron chi connectivity index (χ2n) is 9.33. The van der Waals surface area contributed by atoms with Gasteiger partial charge in [-0.25, -0.2) is 13.4 Å². The van der Waals surface area contributed by atoms with Crippen LogP contribution in [0.5, 0.6) is 0 Å². The molecule has 1 saturated heterocycles. The van der Waals surface area contributed by atoms with Crippen molar-refractivity contribution in [2.24, 2.45) is 0 Å². The summed E-state index contributed by atoms with van der Waals surface area (Å²) in [5.41, 5.74) is 4.44. The van der Waals surface area contributed by atoms with Gasteiger partial charge >= 0.3 is 0 Å². The van der Waals surface area contributed by atoms with Gasteiger partial charge in [-0.2, -0.15) is 4.98 Å². The Morgan fingerprint density at radius 1 is 0.943 bits per heavy atom. The van der Waals surface area contributed by atoms with E-state index in [9.17, 15) is 8.42 Å². The molecule has 3 N–H and O–H groups in total. The molecule has 8 nitrogen and oxygen atoms in total. The first-order chi connectivity index (χ1) is 17.0. The minimum Gasteiger partial charge on any atom is -0.324 e. The lowest BCUT2D eigenvalue weighted by atomic mass is 9.90. The highest BCUT2D eigenvalue weighted by Gasteiger charge is 2.35. The molecule has 3 heterocycles. The second kappa shape index (κ2) is 8.98. The molecule has 2 aromatic carbocycles. The van der Waals surface area contributed by atoms with E-state index in [1.165, 1.54) is 18.4 Å². The summed E-state index contributed by atoms with van der Waals surface area (Å²) in [5, 5.41) is 7.37. The summed E-state index contributed by atoms with van der Waals surface area (Å²) in [5.74, 6) is 1.13. The Bertz CT molecular complexity index is 1450. The van der Waals surface area contributed by atoms with Crippen LogP contribution in [0.1, 0.15) is 37.2 Å². The Hall–Kier alpha value is -3.43. The Labute approximate surface area is 204 Å². The van der Waals surface area contributed by atoms with E-state index in [1.54, 1.807) is 12.3 Å². The zero-order chi connectivity index (χ0) is 23.8. The maximum atomic E-state index is 12.4. The van der Waals surface area contributed by atoms with Gasteiger partial charge < -0.3 is 15.2 Å². The van der Waals surface area contributed by atoms with Crippen molar-refractivity contribution < 1.29 is 8.42 Å². The highest BCUT2D eigenvalue weighted by Crippen LogP contribution is 2.31. The Balaban J connectivity index is 1.23. The molecule has 0 unspecified atom stereocenters. The van der Waals surface area contributed by atoms with Crippen LogP contribution in [0.4, 0.5) is 17.3 Å². The van der Waals surface area contributed by atoms with E-state index < -0.39 is 10.0 Å². The Morgan fingerprint density at radius 2 is 1.74 bits per heavy atom. The molecule has 0 bridgehead atoms. The van der Waals surface area contributed by atoms with Gasteiger partial charge in [0.25, 0.3) is 0 Å². The lowest BCUT2D eigenvalue weighted by Gasteiger charge is -2.23. The van der Waals surface area contributed by atoms with E-state index in [-0.39, 0.29) is 5.25 Å². The summed E-state index contributed by atoms with van der Waals surface area (Å²) >= 11 is 0. The first-order valence-electron chi connectivity index (χ1n) is 12.1. The topological polar surface area (TPSA) is 101 Å². The van der Waals surface area contributed by atoms with Gasteiger partial charge in [-0.1, -0.05) is 18.2 Å². The molecule has 9 heteroatoms. The molecular weight excluding hydrogens is 460 g/mol. The molecule has 35 heavy (non-hydrogen) atoms. The summed E-state index contributed by atoms with van der Waals surface area (Å²) in [6, 6.07) is 17.9. The average Bonchev–Trinajstić information content (AvgIpc) is 3.66. The lowest BCUT2D eigenvalue weighted by Crippen LogP contribution is -2.26. The molecule has 0 radical (unpaired) electrons. The molecule has 180 valence electrons. The number of hydrogen-bond donors (Lipinski definition) is 3. The van der Waals surface area contributed by atoms with Crippen molar-refractivity contribution in [3.63, 3.8) is 0 Å². The van der Waals surface area contributed by atoms with Gasteiger partial charge in [0.15, 0.2) is 0 Å². The summed E-state index contributed by atoms with van der Waals surface area (Å²) in [4.78, 5) is 9.23. The lowest BCUT2D eigenvalue weighted by molar-refractivity contribution is 0.460. The van der Waals surface area contributed by atoms with Crippen LogP contribution in [0, 0.1) is 0 Å². The Morgan fingerprint density at radius 3 is 2.51 bits per heavy atom. The molecule has 0 amide bonds. The van der Waals surface area contributed by atoms with Crippen molar-refractivity contribution in [1.29, 1.82) is 0 Å². The molecule has 0 spiro atoms. The number of sulfonamides is 1. The number of nitrogens with zero attached hydrogens (tertiary/aromatic N) is 3. The predicted molar refractivity (Wildman–Crippen MR) is 139 cm³/mol. The number of anilines is 3. The minimum atomic E-state index is -3.32. The fourth-order valence-electron chi connectivity index (χ4n) is 4.65. The van der Waals surface area contributed by atoms with E-state index >= 15 is 0 Å². The van der Waals surface area contributed by atoms with Crippen molar-refractivity contribution in [1.82, 2.24) is 19.9 Å². The zero-order valence-electron chi connectivity index (χ0n) is 19.3. The minimum absolute atomic E-state index is 0.270. The molecule has 2 aliphatic rings. The van der Waals surface area contributed by atoms with Gasteiger partial charge in [-0.05, 0) is 86.7 Å². The zero-order valence-corrected chi connectivity index (χ0v) is 20.1. The third-order valence-electron chi connectivity index (χ3n) is 6.75. The standard InChI is InChI=1S/C26H28N6O2S/c33-35(34,24-8-9-24)31-22-2-1-3-23(16-22)32-15-12-20-17-28-26(30-25(20)32)29-21-6-4-18(5-7-21)19-10-13-27-14-11-19/h1-7,12,15-17,19,24,27,31H,8-11,13-14H2,(H,28,29,30). The number of hydrogen-bond acceptors (Lipinski definition) is 6. The molecule has 4 aromatic rings. The van der Waals surface area contributed by atoms with Crippen molar-refractivity contribution in [3.8, 4) is 5.69 Å². The molecular formula is C26H28N6O2S. The molecule has 2 aromatic heterocycles. The van der Waals surface area contributed by atoms with Crippen LogP contribution in [0.2, 0.25) is 0 Å². The predicted octanol–water partition coefficient (Wildman–Crippen LogP) is 4.54. The molecule has 1 aliphatic heterocycles. The average molecular weight is 489 g/mol. The Kier molecular flexibility index (Phi) is 5.66. The summed E-state index contributed by atoms with van der Waals surface area (Å²) in [6.07, 6.45) is 7.52.